The number of hydrogen-bond acceptors (Lipinski definition) is 4. The van der Waals surface area contributed by atoms with Crippen LogP contribution in [0.25, 0.3) is 0 Å². The topological polar surface area (TPSA) is 84.7 Å². The summed E-state index contributed by atoms with van der Waals surface area (Å²) in [7, 11) is 1.63. The maximum absolute atomic E-state index is 12.5. The maximum atomic E-state index is 12.5. The third-order valence-corrected chi connectivity index (χ3v) is 4.32. The van der Waals surface area contributed by atoms with Crippen molar-refractivity contribution >= 4 is 24.2 Å². The summed E-state index contributed by atoms with van der Waals surface area (Å²) in [5.74, 6) is 0.449. The van der Waals surface area contributed by atoms with Crippen molar-refractivity contribution in [2.24, 2.45) is 11.7 Å². The molecule has 26 heavy (non-hydrogen) atoms. The van der Waals surface area contributed by atoms with E-state index in [-0.39, 0.29) is 42.7 Å². The van der Waals surface area contributed by atoms with Crippen molar-refractivity contribution < 1.29 is 14.3 Å². The minimum Gasteiger partial charge on any atom is -0.497 e. The van der Waals surface area contributed by atoms with E-state index in [0.717, 1.165) is 17.7 Å². The Bertz CT molecular complexity index is 564. The molecule has 0 aliphatic heterocycles. The van der Waals surface area contributed by atoms with Gasteiger partial charge >= 0.3 is 0 Å². The molecule has 0 saturated heterocycles. The molecule has 0 heterocycles. The minimum atomic E-state index is -0.598. The summed E-state index contributed by atoms with van der Waals surface area (Å²) in [5, 5.41) is 2.64. The summed E-state index contributed by atoms with van der Waals surface area (Å²) < 4.78 is 5.16. The number of amides is 2. The standard InChI is InChI=1S/C19H31N3O3.ClH/c1-6-22(17(23)12-21-19(24)18(20)13(2)3)14(4)11-15-7-9-16(25-5)10-8-15;/h7-10,13-14,18H,6,11-12,20H2,1-5H3,(H,21,24);1H/t14?,18-;/m0./s1. The van der Waals surface area contributed by atoms with Crippen molar-refractivity contribution in [1.82, 2.24) is 10.2 Å². The first kappa shape index (κ1) is 24.2. The van der Waals surface area contributed by atoms with Crippen LogP contribution in [0.1, 0.15) is 33.3 Å². The number of nitrogens with two attached hydrogens (primary N) is 1. The Morgan fingerprint density at radius 1 is 1.19 bits per heavy atom. The Kier molecular flexibility index (Phi) is 10.9. The summed E-state index contributed by atoms with van der Waals surface area (Å²) in [4.78, 5) is 26.1. The van der Waals surface area contributed by atoms with Gasteiger partial charge in [-0.25, -0.2) is 0 Å². The zero-order valence-electron chi connectivity index (χ0n) is 16.3. The SMILES string of the molecule is CCN(C(=O)CNC(=O)[C@@H](N)C(C)C)C(C)Cc1ccc(OC)cc1.Cl. The lowest BCUT2D eigenvalue weighted by Gasteiger charge is -2.28. The van der Waals surface area contributed by atoms with Crippen LogP contribution in [0.15, 0.2) is 24.3 Å². The van der Waals surface area contributed by atoms with Crippen LogP contribution in [0.2, 0.25) is 0 Å². The van der Waals surface area contributed by atoms with Crippen LogP contribution >= 0.6 is 12.4 Å². The van der Waals surface area contributed by atoms with Crippen molar-refractivity contribution in [3.8, 4) is 5.75 Å². The highest BCUT2D eigenvalue weighted by atomic mass is 35.5. The van der Waals surface area contributed by atoms with Crippen LogP contribution in [0, 0.1) is 5.92 Å². The van der Waals surface area contributed by atoms with Gasteiger partial charge < -0.3 is 20.7 Å². The zero-order chi connectivity index (χ0) is 19.0. The fourth-order valence-electron chi connectivity index (χ4n) is 2.63. The van der Waals surface area contributed by atoms with Crippen LogP contribution in [0.3, 0.4) is 0 Å². The van der Waals surface area contributed by atoms with Gasteiger partial charge in [-0.3, -0.25) is 9.59 Å². The fourth-order valence-corrected chi connectivity index (χ4v) is 2.63. The van der Waals surface area contributed by atoms with Gasteiger partial charge in [0.15, 0.2) is 0 Å². The molecule has 2 atom stereocenters. The number of carbonyl (C=O) groups excluding carboxylic acids is 2. The molecule has 1 unspecified atom stereocenters. The van der Waals surface area contributed by atoms with Crippen molar-refractivity contribution in [2.45, 2.75) is 46.2 Å². The number of nitrogens with zero attached hydrogens (tertiary/aromatic N) is 1. The molecular formula is C19H32ClN3O3. The van der Waals surface area contributed by atoms with Gasteiger partial charge in [-0.2, -0.15) is 0 Å². The van der Waals surface area contributed by atoms with Crippen molar-refractivity contribution in [1.29, 1.82) is 0 Å². The van der Waals surface area contributed by atoms with Crippen molar-refractivity contribution in [2.75, 3.05) is 20.2 Å². The van der Waals surface area contributed by atoms with Gasteiger partial charge in [0.1, 0.15) is 5.75 Å². The second kappa shape index (κ2) is 11.8. The summed E-state index contributed by atoms with van der Waals surface area (Å²) >= 11 is 0. The Morgan fingerprint density at radius 2 is 1.77 bits per heavy atom. The molecule has 1 rings (SSSR count). The molecule has 0 fully saturated rings. The molecule has 0 saturated carbocycles. The highest BCUT2D eigenvalue weighted by molar-refractivity contribution is 5.87. The number of halogens is 1. The number of carbonyl (C=O) groups is 2. The summed E-state index contributed by atoms with van der Waals surface area (Å²) in [6, 6.07) is 7.25. The van der Waals surface area contributed by atoms with Crippen LogP contribution < -0.4 is 15.8 Å². The van der Waals surface area contributed by atoms with E-state index >= 15 is 0 Å². The predicted molar refractivity (Wildman–Crippen MR) is 107 cm³/mol. The van der Waals surface area contributed by atoms with Gasteiger partial charge in [0.05, 0.1) is 19.7 Å². The van der Waals surface area contributed by atoms with Gasteiger partial charge in [0, 0.05) is 12.6 Å². The smallest absolute Gasteiger partial charge is 0.242 e. The van der Waals surface area contributed by atoms with E-state index in [1.807, 2.05) is 52.0 Å². The minimum absolute atomic E-state index is 0. The van der Waals surface area contributed by atoms with Gasteiger partial charge in [-0.15, -0.1) is 12.4 Å². The number of likely N-dealkylation sites (N-methyl/N-ethyl adjacent to an activating group) is 1. The lowest BCUT2D eigenvalue weighted by Crippen LogP contribution is -2.49. The van der Waals surface area contributed by atoms with E-state index in [2.05, 4.69) is 5.32 Å². The second-order valence-electron chi connectivity index (χ2n) is 6.57. The van der Waals surface area contributed by atoms with Crippen molar-refractivity contribution in [3.63, 3.8) is 0 Å². The lowest BCUT2D eigenvalue weighted by atomic mass is 10.0. The van der Waals surface area contributed by atoms with Crippen LogP contribution in [-0.2, 0) is 16.0 Å². The summed E-state index contributed by atoms with van der Waals surface area (Å²) in [5.41, 5.74) is 6.92. The average molecular weight is 386 g/mol. The molecule has 0 aliphatic rings. The third kappa shape index (κ3) is 7.22. The molecular weight excluding hydrogens is 354 g/mol. The van der Waals surface area contributed by atoms with E-state index in [9.17, 15) is 9.59 Å². The molecule has 6 nitrogen and oxygen atoms in total. The van der Waals surface area contributed by atoms with Gasteiger partial charge in [0.2, 0.25) is 11.8 Å². The number of methoxy groups -OCH3 is 1. The van der Waals surface area contributed by atoms with E-state index in [1.165, 1.54) is 0 Å². The Morgan fingerprint density at radius 3 is 2.23 bits per heavy atom. The molecule has 148 valence electrons. The van der Waals surface area contributed by atoms with Crippen LogP contribution in [0.4, 0.5) is 0 Å². The average Bonchev–Trinajstić information content (AvgIpc) is 2.60. The first-order chi connectivity index (χ1) is 11.8. The Labute approximate surface area is 162 Å². The third-order valence-electron chi connectivity index (χ3n) is 4.32. The van der Waals surface area contributed by atoms with E-state index in [1.54, 1.807) is 12.0 Å². The number of ether oxygens (including phenoxy) is 1. The molecule has 7 heteroatoms. The number of benzene rings is 1. The molecule has 1 aromatic rings. The normalized spacial score (nSPS) is 12.7. The molecule has 1 aromatic carbocycles. The maximum Gasteiger partial charge on any atom is 0.242 e. The predicted octanol–water partition coefficient (Wildman–Crippen LogP) is 2.00. The summed E-state index contributed by atoms with van der Waals surface area (Å²) in [6.07, 6.45) is 0.739. The van der Waals surface area contributed by atoms with Gasteiger partial charge in [0.25, 0.3) is 0 Å². The summed E-state index contributed by atoms with van der Waals surface area (Å²) in [6.45, 7) is 8.25. The molecule has 0 spiro atoms. The number of hydrogen-bond donors (Lipinski definition) is 2. The monoisotopic (exact) mass is 385 g/mol. The largest absolute Gasteiger partial charge is 0.497 e. The molecule has 3 N–H and O–H groups in total. The van der Waals surface area contributed by atoms with E-state index in [4.69, 9.17) is 10.5 Å². The van der Waals surface area contributed by atoms with Gasteiger partial charge in [-0.1, -0.05) is 26.0 Å². The number of rotatable bonds is 9. The molecule has 2 amide bonds. The second-order valence-corrected chi connectivity index (χ2v) is 6.57. The number of nitrogens with one attached hydrogen (secondary N) is 1. The lowest BCUT2D eigenvalue weighted by molar-refractivity contribution is -0.134. The quantitative estimate of drug-likeness (QED) is 0.680. The van der Waals surface area contributed by atoms with Crippen LogP contribution in [0.5, 0.6) is 5.75 Å². The molecule has 0 aliphatic carbocycles. The van der Waals surface area contributed by atoms with E-state index < -0.39 is 6.04 Å². The van der Waals surface area contributed by atoms with Crippen LogP contribution in [-0.4, -0.2) is 49.0 Å². The van der Waals surface area contributed by atoms with Gasteiger partial charge in [-0.05, 0) is 43.9 Å². The molecule has 0 bridgehead atoms. The zero-order valence-corrected chi connectivity index (χ0v) is 17.1. The fraction of sp³-hybridized carbons (Fsp3) is 0.579. The van der Waals surface area contributed by atoms with Crippen molar-refractivity contribution in [3.05, 3.63) is 29.8 Å². The highest BCUT2D eigenvalue weighted by Crippen LogP contribution is 2.14. The Balaban J connectivity index is 0.00000625. The highest BCUT2D eigenvalue weighted by Gasteiger charge is 2.22. The Hall–Kier alpha value is -1.79. The first-order valence-corrected chi connectivity index (χ1v) is 8.75. The molecule has 0 radical (unpaired) electrons. The molecule has 0 aromatic heterocycles. The first-order valence-electron chi connectivity index (χ1n) is 8.75. The van der Waals surface area contributed by atoms with E-state index in [0.29, 0.717) is 6.54 Å².